The minimum atomic E-state index is -0.551. The number of nitrogens with two attached hydrogens (primary N) is 1. The maximum Gasteiger partial charge on any atom is 0.241 e. The van der Waals surface area contributed by atoms with Gasteiger partial charge >= 0.3 is 0 Å². The molecule has 0 radical (unpaired) electrons. The summed E-state index contributed by atoms with van der Waals surface area (Å²) in [7, 11) is 3.32. The van der Waals surface area contributed by atoms with Crippen LogP contribution in [0.2, 0.25) is 0 Å². The fraction of sp³-hybridized carbons (Fsp3) is 0.778. The first-order valence-electron chi connectivity index (χ1n) is 4.64. The summed E-state index contributed by atoms with van der Waals surface area (Å²) in [6.45, 7) is 4.04. The molecular weight excluding hydrogens is 182 g/mol. The molecule has 5 heteroatoms. The van der Waals surface area contributed by atoms with E-state index >= 15 is 0 Å². The number of carbonyl (C=O) groups excluding carboxylic acids is 2. The summed E-state index contributed by atoms with van der Waals surface area (Å²) >= 11 is 0. The van der Waals surface area contributed by atoms with Crippen molar-refractivity contribution in [3.8, 4) is 0 Å². The van der Waals surface area contributed by atoms with Crippen molar-refractivity contribution in [1.29, 1.82) is 0 Å². The van der Waals surface area contributed by atoms with Crippen molar-refractivity contribution >= 4 is 11.8 Å². The Bertz CT molecular complexity index is 214. The molecule has 2 amide bonds. The number of hydrogen-bond acceptors (Lipinski definition) is 3. The third kappa shape index (κ3) is 3.74. The third-order valence-corrected chi connectivity index (χ3v) is 1.91. The lowest BCUT2D eigenvalue weighted by Crippen LogP contribution is -2.46. The minimum absolute atomic E-state index is 0.0964. The van der Waals surface area contributed by atoms with Crippen molar-refractivity contribution in [1.82, 2.24) is 9.80 Å². The zero-order valence-electron chi connectivity index (χ0n) is 9.28. The summed E-state index contributed by atoms with van der Waals surface area (Å²) in [5.74, 6) is -0.288. The summed E-state index contributed by atoms with van der Waals surface area (Å²) in [5, 5.41) is 0. The quantitative estimate of drug-likeness (QED) is 0.652. The molecule has 0 aromatic carbocycles. The summed E-state index contributed by atoms with van der Waals surface area (Å²) in [5.41, 5.74) is 5.45. The van der Waals surface area contributed by atoms with E-state index in [0.717, 1.165) is 0 Å². The van der Waals surface area contributed by atoms with Gasteiger partial charge in [0, 0.05) is 20.6 Å². The molecule has 0 saturated carbocycles. The first-order chi connectivity index (χ1) is 6.40. The highest BCUT2D eigenvalue weighted by Gasteiger charge is 2.19. The second-order valence-corrected chi connectivity index (χ2v) is 3.43. The molecule has 0 saturated heterocycles. The van der Waals surface area contributed by atoms with Crippen LogP contribution in [0.25, 0.3) is 0 Å². The van der Waals surface area contributed by atoms with Gasteiger partial charge in [-0.2, -0.15) is 0 Å². The standard InChI is InChI=1S/C9H19N3O2/c1-5-12(9(14)7(2)10)6-8(13)11(3)4/h7H,5-6,10H2,1-4H3/t7-/m1/s1. The number of carbonyl (C=O) groups is 2. The van der Waals surface area contributed by atoms with Crippen LogP contribution < -0.4 is 5.73 Å². The van der Waals surface area contributed by atoms with E-state index in [1.807, 2.05) is 6.92 Å². The fourth-order valence-corrected chi connectivity index (χ4v) is 0.938. The average molecular weight is 201 g/mol. The van der Waals surface area contributed by atoms with Gasteiger partial charge < -0.3 is 15.5 Å². The van der Waals surface area contributed by atoms with Gasteiger partial charge in [-0.05, 0) is 13.8 Å². The second-order valence-electron chi connectivity index (χ2n) is 3.43. The molecule has 0 spiro atoms. The Morgan fingerprint density at radius 1 is 1.36 bits per heavy atom. The first kappa shape index (κ1) is 12.9. The lowest BCUT2D eigenvalue weighted by molar-refractivity contribution is -0.139. The fourth-order valence-electron chi connectivity index (χ4n) is 0.938. The van der Waals surface area contributed by atoms with Crippen LogP contribution in [0, 0.1) is 0 Å². The molecule has 0 bridgehead atoms. The van der Waals surface area contributed by atoms with Crippen LogP contribution in [-0.2, 0) is 9.59 Å². The van der Waals surface area contributed by atoms with Gasteiger partial charge in [0.1, 0.15) is 0 Å². The highest BCUT2D eigenvalue weighted by atomic mass is 16.2. The van der Waals surface area contributed by atoms with Crippen molar-refractivity contribution in [2.24, 2.45) is 5.73 Å². The third-order valence-electron chi connectivity index (χ3n) is 1.91. The smallest absolute Gasteiger partial charge is 0.241 e. The van der Waals surface area contributed by atoms with Crippen LogP contribution in [0.4, 0.5) is 0 Å². The van der Waals surface area contributed by atoms with Gasteiger partial charge in [-0.1, -0.05) is 0 Å². The highest BCUT2D eigenvalue weighted by molar-refractivity contribution is 5.86. The Balaban J connectivity index is 4.30. The van der Waals surface area contributed by atoms with Gasteiger partial charge in [-0.25, -0.2) is 0 Å². The molecule has 0 heterocycles. The molecule has 0 aromatic rings. The van der Waals surface area contributed by atoms with Crippen LogP contribution in [0.5, 0.6) is 0 Å². The number of hydrogen-bond donors (Lipinski definition) is 1. The van der Waals surface area contributed by atoms with E-state index in [0.29, 0.717) is 6.54 Å². The molecule has 0 unspecified atom stereocenters. The van der Waals surface area contributed by atoms with Crippen LogP contribution in [0.3, 0.4) is 0 Å². The average Bonchev–Trinajstić information content (AvgIpc) is 2.12. The van der Waals surface area contributed by atoms with Crippen molar-refractivity contribution < 1.29 is 9.59 Å². The second kappa shape index (κ2) is 5.59. The maximum atomic E-state index is 11.5. The van der Waals surface area contributed by atoms with Crippen molar-refractivity contribution in [3.63, 3.8) is 0 Å². The molecule has 82 valence electrons. The predicted octanol–water partition coefficient (Wildman–Crippen LogP) is -0.730. The van der Waals surface area contributed by atoms with Crippen LogP contribution >= 0.6 is 0 Å². The highest BCUT2D eigenvalue weighted by Crippen LogP contribution is 1.94. The normalized spacial score (nSPS) is 12.1. The Morgan fingerprint density at radius 2 is 1.86 bits per heavy atom. The van der Waals surface area contributed by atoms with E-state index in [4.69, 9.17) is 5.73 Å². The van der Waals surface area contributed by atoms with E-state index < -0.39 is 6.04 Å². The Labute approximate surface area is 84.8 Å². The monoisotopic (exact) mass is 201 g/mol. The van der Waals surface area contributed by atoms with Crippen molar-refractivity contribution in [2.45, 2.75) is 19.9 Å². The van der Waals surface area contributed by atoms with E-state index in [1.54, 1.807) is 21.0 Å². The molecule has 0 fully saturated rings. The SMILES string of the molecule is CCN(CC(=O)N(C)C)C(=O)[C@@H](C)N. The summed E-state index contributed by atoms with van der Waals surface area (Å²) in [4.78, 5) is 25.7. The van der Waals surface area contributed by atoms with E-state index in [2.05, 4.69) is 0 Å². The molecule has 14 heavy (non-hydrogen) atoms. The van der Waals surface area contributed by atoms with Gasteiger partial charge in [-0.3, -0.25) is 9.59 Å². The van der Waals surface area contributed by atoms with Crippen molar-refractivity contribution in [3.05, 3.63) is 0 Å². The Kier molecular flexibility index (Phi) is 5.15. The Hall–Kier alpha value is -1.10. The van der Waals surface area contributed by atoms with Gasteiger partial charge in [-0.15, -0.1) is 0 Å². The van der Waals surface area contributed by atoms with Crippen LogP contribution in [0.1, 0.15) is 13.8 Å². The van der Waals surface area contributed by atoms with E-state index in [-0.39, 0.29) is 18.4 Å². The molecular formula is C9H19N3O2. The molecule has 0 rings (SSSR count). The first-order valence-corrected chi connectivity index (χ1v) is 4.64. The number of likely N-dealkylation sites (N-methyl/N-ethyl adjacent to an activating group) is 2. The van der Waals surface area contributed by atoms with Gasteiger partial charge in [0.05, 0.1) is 12.6 Å². The molecule has 2 N–H and O–H groups in total. The molecule has 0 aliphatic rings. The molecule has 0 aliphatic carbocycles. The number of amides is 2. The van der Waals surface area contributed by atoms with Gasteiger partial charge in [0.15, 0.2) is 0 Å². The molecule has 5 nitrogen and oxygen atoms in total. The van der Waals surface area contributed by atoms with E-state index in [9.17, 15) is 9.59 Å². The lowest BCUT2D eigenvalue weighted by Gasteiger charge is -2.23. The van der Waals surface area contributed by atoms with Crippen LogP contribution in [0.15, 0.2) is 0 Å². The van der Waals surface area contributed by atoms with Crippen LogP contribution in [-0.4, -0.2) is 54.8 Å². The zero-order valence-corrected chi connectivity index (χ0v) is 9.28. The maximum absolute atomic E-state index is 11.5. The largest absolute Gasteiger partial charge is 0.347 e. The number of nitrogens with zero attached hydrogens (tertiary/aromatic N) is 2. The van der Waals surface area contributed by atoms with Gasteiger partial charge in [0.25, 0.3) is 0 Å². The molecule has 0 aromatic heterocycles. The topological polar surface area (TPSA) is 66.6 Å². The summed E-state index contributed by atoms with van der Waals surface area (Å²) in [6, 6.07) is -0.551. The Morgan fingerprint density at radius 3 is 2.14 bits per heavy atom. The van der Waals surface area contributed by atoms with Crippen molar-refractivity contribution in [2.75, 3.05) is 27.2 Å². The summed E-state index contributed by atoms with van der Waals surface area (Å²) < 4.78 is 0. The molecule has 0 aliphatic heterocycles. The zero-order chi connectivity index (χ0) is 11.3. The predicted molar refractivity (Wildman–Crippen MR) is 54.6 cm³/mol. The summed E-state index contributed by atoms with van der Waals surface area (Å²) in [6.07, 6.45) is 0. The number of rotatable bonds is 4. The minimum Gasteiger partial charge on any atom is -0.347 e. The molecule has 1 atom stereocenters. The lowest BCUT2D eigenvalue weighted by atomic mass is 10.3. The van der Waals surface area contributed by atoms with Gasteiger partial charge in [0.2, 0.25) is 11.8 Å². The van der Waals surface area contributed by atoms with E-state index in [1.165, 1.54) is 9.80 Å².